The standard InChI is InChI=1S/C25H32F3N3O4S/c1-17-9-7-10-19(13-17)15-30(18(2)23(33)29-24(3,4)5)22(32)16-31(36(6,34)35)21-12-8-11-20(14-21)25(26,27)28/h7-14,18H,15-16H2,1-6H3,(H,29,33)/t18-/m1/s1. The highest BCUT2D eigenvalue weighted by Crippen LogP contribution is 2.32. The van der Waals surface area contributed by atoms with Crippen molar-refractivity contribution in [1.82, 2.24) is 10.2 Å². The molecule has 11 heteroatoms. The van der Waals surface area contributed by atoms with Crippen LogP contribution >= 0.6 is 0 Å². The maximum Gasteiger partial charge on any atom is 0.416 e. The lowest BCUT2D eigenvalue weighted by Crippen LogP contribution is -2.54. The molecular formula is C25H32F3N3O4S. The number of benzene rings is 2. The molecule has 0 heterocycles. The van der Waals surface area contributed by atoms with E-state index in [1.54, 1.807) is 32.9 Å². The Hall–Kier alpha value is -3.08. The van der Waals surface area contributed by atoms with Gasteiger partial charge in [0.15, 0.2) is 0 Å². The third-order valence-electron chi connectivity index (χ3n) is 5.24. The fourth-order valence-electron chi connectivity index (χ4n) is 3.51. The largest absolute Gasteiger partial charge is 0.416 e. The molecule has 0 aliphatic rings. The zero-order chi connectivity index (χ0) is 27.5. The summed E-state index contributed by atoms with van der Waals surface area (Å²) in [5, 5.41) is 2.80. The first-order valence-corrected chi connectivity index (χ1v) is 13.1. The molecule has 0 bridgehead atoms. The molecule has 198 valence electrons. The highest BCUT2D eigenvalue weighted by atomic mass is 32.2. The van der Waals surface area contributed by atoms with Crippen LogP contribution in [0.4, 0.5) is 18.9 Å². The monoisotopic (exact) mass is 527 g/mol. The smallest absolute Gasteiger partial charge is 0.350 e. The number of nitrogens with zero attached hydrogens (tertiary/aromatic N) is 2. The summed E-state index contributed by atoms with van der Waals surface area (Å²) in [5.41, 5.74) is -0.295. The van der Waals surface area contributed by atoms with Crippen LogP contribution in [0.25, 0.3) is 0 Å². The zero-order valence-corrected chi connectivity index (χ0v) is 22.0. The van der Waals surface area contributed by atoms with Gasteiger partial charge in [-0.3, -0.25) is 13.9 Å². The molecule has 0 aliphatic carbocycles. The van der Waals surface area contributed by atoms with E-state index in [9.17, 15) is 31.2 Å². The van der Waals surface area contributed by atoms with Crippen molar-refractivity contribution in [2.24, 2.45) is 0 Å². The van der Waals surface area contributed by atoms with E-state index >= 15 is 0 Å². The summed E-state index contributed by atoms with van der Waals surface area (Å²) in [6.45, 7) is 7.95. The quantitative estimate of drug-likeness (QED) is 0.560. The Labute approximate surface area is 210 Å². The van der Waals surface area contributed by atoms with E-state index in [1.807, 2.05) is 19.1 Å². The van der Waals surface area contributed by atoms with Crippen molar-refractivity contribution in [1.29, 1.82) is 0 Å². The van der Waals surface area contributed by atoms with Crippen molar-refractivity contribution in [3.05, 3.63) is 65.2 Å². The third-order valence-corrected chi connectivity index (χ3v) is 6.38. The minimum atomic E-state index is -4.69. The van der Waals surface area contributed by atoms with E-state index in [0.717, 1.165) is 24.0 Å². The predicted octanol–water partition coefficient (Wildman–Crippen LogP) is 4.11. The van der Waals surface area contributed by atoms with Gasteiger partial charge in [-0.25, -0.2) is 8.42 Å². The molecule has 0 saturated carbocycles. The highest BCUT2D eigenvalue weighted by molar-refractivity contribution is 7.92. The van der Waals surface area contributed by atoms with Crippen molar-refractivity contribution in [3.8, 4) is 0 Å². The molecule has 1 N–H and O–H groups in total. The van der Waals surface area contributed by atoms with Crippen molar-refractivity contribution >= 4 is 27.5 Å². The van der Waals surface area contributed by atoms with Gasteiger partial charge in [0, 0.05) is 12.1 Å². The maximum atomic E-state index is 13.5. The van der Waals surface area contributed by atoms with Gasteiger partial charge in [-0.2, -0.15) is 13.2 Å². The number of hydrogen-bond acceptors (Lipinski definition) is 4. The van der Waals surface area contributed by atoms with Crippen molar-refractivity contribution < 1.29 is 31.2 Å². The molecule has 0 spiro atoms. The summed E-state index contributed by atoms with van der Waals surface area (Å²) in [6, 6.07) is 10.0. The van der Waals surface area contributed by atoms with Crippen molar-refractivity contribution in [2.45, 2.75) is 58.9 Å². The summed E-state index contributed by atoms with van der Waals surface area (Å²) in [6.07, 6.45) is -3.89. The minimum absolute atomic E-state index is 0.000560. The van der Waals surface area contributed by atoms with Crippen LogP contribution in [0.15, 0.2) is 48.5 Å². The number of aryl methyl sites for hydroxylation is 1. The lowest BCUT2D eigenvalue weighted by atomic mass is 10.1. The Balaban J connectivity index is 2.46. The Morgan fingerprint density at radius 2 is 1.64 bits per heavy atom. The lowest BCUT2D eigenvalue weighted by Gasteiger charge is -2.33. The number of nitrogens with one attached hydrogen (secondary N) is 1. The van der Waals surface area contributed by atoms with Crippen LogP contribution in [0.5, 0.6) is 0 Å². The van der Waals surface area contributed by atoms with E-state index in [2.05, 4.69) is 5.32 Å². The van der Waals surface area contributed by atoms with Crippen molar-refractivity contribution in [3.63, 3.8) is 0 Å². The molecule has 0 radical (unpaired) electrons. The number of sulfonamides is 1. The molecular weight excluding hydrogens is 495 g/mol. The molecule has 2 aromatic carbocycles. The van der Waals surface area contributed by atoms with Gasteiger partial charge in [0.25, 0.3) is 0 Å². The Kier molecular flexibility index (Phi) is 8.82. The minimum Gasteiger partial charge on any atom is -0.350 e. The number of carbonyl (C=O) groups excluding carboxylic acids is 2. The van der Waals surface area contributed by atoms with E-state index in [4.69, 9.17) is 0 Å². The number of rotatable bonds is 8. The van der Waals surface area contributed by atoms with Crippen LogP contribution in [0.1, 0.15) is 44.4 Å². The van der Waals surface area contributed by atoms with Crippen LogP contribution in [0.3, 0.4) is 0 Å². The number of amides is 2. The second kappa shape index (κ2) is 10.9. The van der Waals surface area contributed by atoms with Crippen LogP contribution in [0.2, 0.25) is 0 Å². The summed E-state index contributed by atoms with van der Waals surface area (Å²) < 4.78 is 65.4. The van der Waals surface area contributed by atoms with Gasteiger partial charge in [0.1, 0.15) is 12.6 Å². The van der Waals surface area contributed by atoms with E-state index in [0.29, 0.717) is 15.9 Å². The molecule has 2 aromatic rings. The number of carbonyl (C=O) groups is 2. The second-order valence-corrected chi connectivity index (χ2v) is 11.7. The normalized spacial score (nSPS) is 13.1. The first-order chi connectivity index (χ1) is 16.4. The Bertz CT molecular complexity index is 1210. The number of hydrogen-bond donors (Lipinski definition) is 1. The van der Waals surface area contributed by atoms with E-state index in [1.165, 1.54) is 17.9 Å². The summed E-state index contributed by atoms with van der Waals surface area (Å²) in [5.74, 6) is -1.19. The molecule has 1 atom stereocenters. The van der Waals surface area contributed by atoms with Crippen LogP contribution in [0, 0.1) is 6.92 Å². The van der Waals surface area contributed by atoms with Gasteiger partial charge < -0.3 is 10.2 Å². The molecule has 0 saturated heterocycles. The van der Waals surface area contributed by atoms with Crippen LogP contribution in [-0.4, -0.2) is 49.5 Å². The molecule has 0 fully saturated rings. The van der Waals surface area contributed by atoms with Crippen molar-refractivity contribution in [2.75, 3.05) is 17.1 Å². The molecule has 2 amide bonds. The Morgan fingerprint density at radius 1 is 1.03 bits per heavy atom. The van der Waals surface area contributed by atoms with E-state index < -0.39 is 51.7 Å². The summed E-state index contributed by atoms with van der Waals surface area (Å²) >= 11 is 0. The summed E-state index contributed by atoms with van der Waals surface area (Å²) in [4.78, 5) is 27.6. The first-order valence-electron chi connectivity index (χ1n) is 11.2. The third kappa shape index (κ3) is 8.25. The second-order valence-electron chi connectivity index (χ2n) is 9.74. The highest BCUT2D eigenvalue weighted by Gasteiger charge is 2.34. The maximum absolute atomic E-state index is 13.5. The van der Waals surface area contributed by atoms with Gasteiger partial charge in [0.05, 0.1) is 17.5 Å². The fraction of sp³-hybridized carbons (Fsp3) is 0.440. The zero-order valence-electron chi connectivity index (χ0n) is 21.2. The fourth-order valence-corrected chi connectivity index (χ4v) is 4.36. The lowest BCUT2D eigenvalue weighted by molar-refractivity contribution is -0.140. The van der Waals surface area contributed by atoms with Gasteiger partial charge in [-0.1, -0.05) is 35.9 Å². The molecule has 0 aliphatic heterocycles. The molecule has 0 aromatic heterocycles. The average molecular weight is 528 g/mol. The number of halogens is 3. The van der Waals surface area contributed by atoms with Gasteiger partial charge in [-0.15, -0.1) is 0 Å². The topological polar surface area (TPSA) is 86.8 Å². The van der Waals surface area contributed by atoms with Crippen LogP contribution < -0.4 is 9.62 Å². The number of alkyl halides is 3. The predicted molar refractivity (Wildman–Crippen MR) is 133 cm³/mol. The first kappa shape index (κ1) is 29.2. The van der Waals surface area contributed by atoms with Gasteiger partial charge in [0.2, 0.25) is 21.8 Å². The number of anilines is 1. The molecule has 0 unspecified atom stereocenters. The molecule has 7 nitrogen and oxygen atoms in total. The van der Waals surface area contributed by atoms with Crippen LogP contribution in [-0.2, 0) is 32.3 Å². The average Bonchev–Trinajstić information content (AvgIpc) is 2.72. The van der Waals surface area contributed by atoms with E-state index in [-0.39, 0.29) is 12.2 Å². The SMILES string of the molecule is Cc1cccc(CN(C(=O)CN(c2cccc(C(F)(F)F)c2)S(C)(=O)=O)[C@H](C)C(=O)NC(C)(C)C)c1. The summed E-state index contributed by atoms with van der Waals surface area (Å²) in [7, 11) is -4.15. The van der Waals surface area contributed by atoms with Gasteiger partial charge >= 0.3 is 6.18 Å². The Morgan fingerprint density at radius 3 is 2.17 bits per heavy atom. The molecule has 2 rings (SSSR count). The molecule has 36 heavy (non-hydrogen) atoms. The van der Waals surface area contributed by atoms with Gasteiger partial charge in [-0.05, 0) is 58.4 Å².